The van der Waals surface area contributed by atoms with Crippen LogP contribution < -0.4 is 5.56 Å². The Kier molecular flexibility index (Phi) is 3.91. The predicted octanol–water partition coefficient (Wildman–Crippen LogP) is 2.52. The molecule has 0 aromatic carbocycles. The van der Waals surface area contributed by atoms with E-state index in [2.05, 4.69) is 25.0 Å². The number of aromatic nitrogens is 3. The van der Waals surface area contributed by atoms with Crippen molar-refractivity contribution < 1.29 is 4.79 Å². The second kappa shape index (κ2) is 5.98. The Labute approximate surface area is 149 Å². The summed E-state index contributed by atoms with van der Waals surface area (Å²) in [6.45, 7) is 5.78. The molecule has 1 amide bonds. The second-order valence-electron chi connectivity index (χ2n) is 7.09. The van der Waals surface area contributed by atoms with E-state index < -0.39 is 0 Å². The van der Waals surface area contributed by atoms with Crippen molar-refractivity contribution in [3.8, 4) is 0 Å². The molecule has 0 aliphatic carbocycles. The molecule has 7 heteroatoms. The molecular weight excluding hydrogens is 336 g/mol. The summed E-state index contributed by atoms with van der Waals surface area (Å²) in [5.74, 6) is 0.500. The molecule has 1 saturated heterocycles. The number of carbonyl (C=O) groups is 1. The van der Waals surface area contributed by atoms with E-state index >= 15 is 0 Å². The maximum absolute atomic E-state index is 12.9. The molecule has 3 aromatic rings. The SMILES string of the molecule is Cc1cc2c(s1)c1cnn(CC(=O)N3CCC[C@@H](C)C3)c(=O)c1n2C. The first kappa shape index (κ1) is 16.3. The third kappa shape index (κ3) is 2.66. The zero-order chi connectivity index (χ0) is 17.7. The van der Waals surface area contributed by atoms with Gasteiger partial charge in [0.1, 0.15) is 12.1 Å². The molecule has 0 radical (unpaired) electrons. The lowest BCUT2D eigenvalue weighted by atomic mass is 10.0. The molecule has 1 fully saturated rings. The molecule has 25 heavy (non-hydrogen) atoms. The van der Waals surface area contributed by atoms with Gasteiger partial charge in [0.05, 0.1) is 16.4 Å². The van der Waals surface area contributed by atoms with Crippen molar-refractivity contribution in [2.75, 3.05) is 13.1 Å². The molecule has 1 aliphatic heterocycles. The van der Waals surface area contributed by atoms with Gasteiger partial charge in [-0.2, -0.15) is 5.10 Å². The Hall–Kier alpha value is -2.15. The van der Waals surface area contributed by atoms with E-state index in [9.17, 15) is 9.59 Å². The zero-order valence-corrected chi connectivity index (χ0v) is 15.6. The fourth-order valence-corrected chi connectivity index (χ4v) is 4.84. The van der Waals surface area contributed by atoms with Gasteiger partial charge in [0.25, 0.3) is 5.56 Å². The molecule has 0 bridgehead atoms. The van der Waals surface area contributed by atoms with Crippen LogP contribution in [0.4, 0.5) is 0 Å². The van der Waals surface area contributed by atoms with E-state index in [1.54, 1.807) is 17.5 Å². The summed E-state index contributed by atoms with van der Waals surface area (Å²) in [5, 5.41) is 5.15. The van der Waals surface area contributed by atoms with Crippen LogP contribution in [0.2, 0.25) is 0 Å². The van der Waals surface area contributed by atoms with Crippen LogP contribution in [0.15, 0.2) is 17.1 Å². The highest BCUT2D eigenvalue weighted by atomic mass is 32.1. The molecule has 0 spiro atoms. The Morgan fingerprint density at radius 3 is 3.00 bits per heavy atom. The lowest BCUT2D eigenvalue weighted by molar-refractivity contribution is -0.133. The van der Waals surface area contributed by atoms with Crippen molar-refractivity contribution in [2.45, 2.75) is 33.2 Å². The van der Waals surface area contributed by atoms with E-state index in [4.69, 9.17) is 0 Å². The Balaban J connectivity index is 1.71. The zero-order valence-electron chi connectivity index (χ0n) is 14.8. The van der Waals surface area contributed by atoms with Crippen LogP contribution in [-0.2, 0) is 18.4 Å². The number of carbonyl (C=O) groups excluding carboxylic acids is 1. The molecule has 4 rings (SSSR count). The average molecular weight is 358 g/mol. The van der Waals surface area contributed by atoms with Gasteiger partial charge in [-0.25, -0.2) is 4.68 Å². The molecule has 0 unspecified atom stereocenters. The van der Waals surface area contributed by atoms with Gasteiger partial charge < -0.3 is 9.47 Å². The summed E-state index contributed by atoms with van der Waals surface area (Å²) in [6, 6.07) is 2.09. The first-order valence-corrected chi connectivity index (χ1v) is 9.49. The molecule has 1 atom stereocenters. The van der Waals surface area contributed by atoms with Crippen molar-refractivity contribution in [3.63, 3.8) is 0 Å². The van der Waals surface area contributed by atoms with Gasteiger partial charge in [0.15, 0.2) is 0 Å². The summed E-state index contributed by atoms with van der Waals surface area (Å²) >= 11 is 1.67. The van der Waals surface area contributed by atoms with Crippen molar-refractivity contribution in [1.29, 1.82) is 0 Å². The Morgan fingerprint density at radius 2 is 2.24 bits per heavy atom. The van der Waals surface area contributed by atoms with Crippen molar-refractivity contribution in [1.82, 2.24) is 19.2 Å². The highest BCUT2D eigenvalue weighted by molar-refractivity contribution is 7.20. The van der Waals surface area contributed by atoms with Crippen LogP contribution in [0.5, 0.6) is 0 Å². The highest BCUT2D eigenvalue weighted by Crippen LogP contribution is 2.32. The van der Waals surface area contributed by atoms with Crippen molar-refractivity contribution in [2.24, 2.45) is 13.0 Å². The van der Waals surface area contributed by atoms with E-state index in [1.807, 2.05) is 16.5 Å². The van der Waals surface area contributed by atoms with Crippen molar-refractivity contribution >= 4 is 38.4 Å². The summed E-state index contributed by atoms with van der Waals surface area (Å²) in [5.41, 5.74) is 1.47. The Morgan fingerprint density at radius 1 is 1.44 bits per heavy atom. The van der Waals surface area contributed by atoms with Crippen LogP contribution in [0.3, 0.4) is 0 Å². The normalized spacial score (nSPS) is 18.4. The first-order valence-electron chi connectivity index (χ1n) is 8.68. The summed E-state index contributed by atoms with van der Waals surface area (Å²) in [6.07, 6.45) is 3.91. The van der Waals surface area contributed by atoms with Gasteiger partial charge in [0.2, 0.25) is 5.91 Å². The Bertz CT molecular complexity index is 1030. The summed E-state index contributed by atoms with van der Waals surface area (Å²) in [7, 11) is 1.90. The lowest BCUT2D eigenvalue weighted by Crippen LogP contribution is -2.42. The standard InChI is InChI=1S/C18H22N4O2S/c1-11-5-4-6-21(9-11)15(23)10-22-18(24)16-13(8-19-22)17-14(20(16)3)7-12(2)25-17/h7-8,11H,4-6,9-10H2,1-3H3/t11-/m1/s1. The number of hydrogen-bond donors (Lipinski definition) is 0. The molecule has 132 valence electrons. The largest absolute Gasteiger partial charge is 0.341 e. The molecule has 0 N–H and O–H groups in total. The van der Waals surface area contributed by atoms with E-state index in [0.29, 0.717) is 11.4 Å². The third-order valence-corrected chi connectivity index (χ3v) is 6.16. The summed E-state index contributed by atoms with van der Waals surface area (Å²) < 4.78 is 4.31. The number of amides is 1. The fraction of sp³-hybridized carbons (Fsp3) is 0.500. The van der Waals surface area contributed by atoms with E-state index in [-0.39, 0.29) is 18.0 Å². The number of nitrogens with zero attached hydrogens (tertiary/aromatic N) is 4. The molecular formula is C18H22N4O2S. The molecule has 3 aromatic heterocycles. The minimum Gasteiger partial charge on any atom is -0.341 e. The van der Waals surface area contributed by atoms with Crippen LogP contribution in [0, 0.1) is 12.8 Å². The maximum Gasteiger partial charge on any atom is 0.291 e. The minimum atomic E-state index is -0.195. The van der Waals surface area contributed by atoms with Crippen LogP contribution in [0.25, 0.3) is 21.1 Å². The van der Waals surface area contributed by atoms with Crippen LogP contribution >= 0.6 is 11.3 Å². The van der Waals surface area contributed by atoms with Gasteiger partial charge in [-0.1, -0.05) is 6.92 Å². The fourth-order valence-electron chi connectivity index (χ4n) is 3.79. The number of aryl methyl sites for hydroxylation is 2. The smallest absolute Gasteiger partial charge is 0.291 e. The van der Waals surface area contributed by atoms with Gasteiger partial charge >= 0.3 is 0 Å². The van der Waals surface area contributed by atoms with Crippen LogP contribution in [0.1, 0.15) is 24.6 Å². The molecule has 6 nitrogen and oxygen atoms in total. The van der Waals surface area contributed by atoms with Gasteiger partial charge in [0, 0.05) is 30.4 Å². The van der Waals surface area contributed by atoms with Crippen LogP contribution in [-0.4, -0.2) is 38.2 Å². The lowest BCUT2D eigenvalue weighted by Gasteiger charge is -2.30. The van der Waals surface area contributed by atoms with Gasteiger partial charge in [-0.3, -0.25) is 9.59 Å². The topological polar surface area (TPSA) is 60.1 Å². The number of hydrogen-bond acceptors (Lipinski definition) is 4. The average Bonchev–Trinajstić information content (AvgIpc) is 3.07. The maximum atomic E-state index is 12.9. The monoisotopic (exact) mass is 358 g/mol. The minimum absolute atomic E-state index is 0.0132. The van der Waals surface area contributed by atoms with E-state index in [1.165, 1.54) is 9.56 Å². The van der Waals surface area contributed by atoms with E-state index in [0.717, 1.165) is 41.5 Å². The van der Waals surface area contributed by atoms with Gasteiger partial charge in [-0.05, 0) is 31.7 Å². The quantitative estimate of drug-likeness (QED) is 0.707. The highest BCUT2D eigenvalue weighted by Gasteiger charge is 2.23. The summed E-state index contributed by atoms with van der Waals surface area (Å²) in [4.78, 5) is 28.5. The van der Waals surface area contributed by atoms with Gasteiger partial charge in [-0.15, -0.1) is 11.3 Å². The molecule has 1 aliphatic rings. The predicted molar refractivity (Wildman–Crippen MR) is 100 cm³/mol. The second-order valence-corrected chi connectivity index (χ2v) is 8.34. The number of likely N-dealkylation sites (tertiary alicyclic amines) is 1. The molecule has 4 heterocycles. The molecule has 0 saturated carbocycles. The number of rotatable bonds is 2. The first-order chi connectivity index (χ1) is 12.0. The number of fused-ring (bicyclic) bond motifs is 3. The number of thiophene rings is 1. The third-order valence-electron chi connectivity index (χ3n) is 5.09. The number of piperidine rings is 1. The van der Waals surface area contributed by atoms with Crippen molar-refractivity contribution in [3.05, 3.63) is 27.5 Å².